The number of ether oxygens (including phenoxy) is 1. The van der Waals surface area contributed by atoms with E-state index in [1.54, 1.807) is 18.3 Å². The molecule has 0 fully saturated rings. The molecule has 0 bridgehead atoms. The molecule has 2 nitrogen and oxygen atoms in total. The van der Waals surface area contributed by atoms with Gasteiger partial charge < -0.3 is 4.74 Å². The lowest BCUT2D eigenvalue weighted by molar-refractivity contribution is 0.308. The zero-order valence-corrected chi connectivity index (χ0v) is 8.49. The highest BCUT2D eigenvalue weighted by Gasteiger charge is 2.11. The third kappa shape index (κ3) is 3.90. The number of hydrogen-bond donors (Lipinski definition) is 0. The molecule has 0 spiro atoms. The predicted molar refractivity (Wildman–Crippen MR) is 57.4 cm³/mol. The first-order valence-electron chi connectivity index (χ1n) is 3.59. The Morgan fingerprint density at radius 1 is 1.46 bits per heavy atom. The second kappa shape index (κ2) is 4.22. The van der Waals surface area contributed by atoms with E-state index in [2.05, 4.69) is 20.9 Å². The Kier molecular flexibility index (Phi) is 3.48. The first-order chi connectivity index (χ1) is 5.99. The number of pyridine rings is 1. The first kappa shape index (κ1) is 10.7. The second-order valence-corrected chi connectivity index (χ2v) is 3.55. The lowest BCUT2D eigenvalue weighted by Gasteiger charge is -2.19. The van der Waals surface area contributed by atoms with Gasteiger partial charge in [-0.3, -0.25) is 0 Å². The summed E-state index contributed by atoms with van der Waals surface area (Å²) in [5.41, 5.74) is 0. The third-order valence-corrected chi connectivity index (χ3v) is 1.79. The van der Waals surface area contributed by atoms with Gasteiger partial charge in [-0.25, -0.2) is 4.98 Å². The topological polar surface area (TPSA) is 22.1 Å². The number of rotatable bonds is 3. The molecule has 0 N–H and O–H groups in total. The standard InChI is InChI=1S/C7H5B3BrNO/c8-7(9,10)4-13-6-5(11)2-1-3-12-6/h1-3H,4H2. The van der Waals surface area contributed by atoms with Gasteiger partial charge in [-0.05, 0) is 28.1 Å². The molecule has 0 saturated heterocycles. The highest BCUT2D eigenvalue weighted by atomic mass is 79.9. The molecule has 13 heavy (non-hydrogen) atoms. The predicted octanol–water partition coefficient (Wildman–Crippen LogP) is 0.802. The Balaban J connectivity index is 2.60. The minimum atomic E-state index is -1.34. The fraction of sp³-hybridized carbons (Fsp3) is 0.286. The summed E-state index contributed by atoms with van der Waals surface area (Å²) in [7, 11) is 16.0. The van der Waals surface area contributed by atoms with Gasteiger partial charge in [-0.15, -0.1) is 0 Å². The molecular formula is C7H5B3BrNO. The van der Waals surface area contributed by atoms with E-state index in [9.17, 15) is 0 Å². The average molecular weight is 231 g/mol. The Bertz CT molecular complexity index is 289. The molecule has 1 aromatic rings. The Hall–Kier alpha value is -0.375. The maximum absolute atomic E-state index is 5.32. The van der Waals surface area contributed by atoms with Gasteiger partial charge in [0.15, 0.2) is 0 Å². The van der Waals surface area contributed by atoms with Crippen LogP contribution in [0.25, 0.3) is 0 Å². The fourth-order valence-electron chi connectivity index (χ4n) is 0.671. The lowest BCUT2D eigenvalue weighted by Crippen LogP contribution is -2.22. The van der Waals surface area contributed by atoms with E-state index in [0.29, 0.717) is 5.88 Å². The SMILES string of the molecule is [B]C([B])([B])COc1ncccc1Br. The van der Waals surface area contributed by atoms with Crippen molar-refractivity contribution in [1.82, 2.24) is 4.98 Å². The van der Waals surface area contributed by atoms with E-state index in [0.717, 1.165) is 4.47 Å². The van der Waals surface area contributed by atoms with Crippen LogP contribution in [0.4, 0.5) is 0 Å². The summed E-state index contributed by atoms with van der Waals surface area (Å²) in [5.74, 6) is 0.424. The van der Waals surface area contributed by atoms with Crippen LogP contribution in [-0.4, -0.2) is 35.1 Å². The first-order valence-corrected chi connectivity index (χ1v) is 4.38. The highest BCUT2D eigenvalue weighted by Crippen LogP contribution is 2.22. The average Bonchev–Trinajstić information content (AvgIpc) is 2.01. The maximum Gasteiger partial charge on any atom is 0.227 e. The summed E-state index contributed by atoms with van der Waals surface area (Å²) in [6.45, 7) is 0.00259. The number of aromatic nitrogens is 1. The monoisotopic (exact) mass is 231 g/mol. The van der Waals surface area contributed by atoms with Crippen molar-refractivity contribution in [2.75, 3.05) is 6.61 Å². The van der Waals surface area contributed by atoms with Crippen LogP contribution in [0.2, 0.25) is 5.11 Å². The molecule has 1 aromatic heterocycles. The van der Waals surface area contributed by atoms with Crippen LogP contribution in [0.1, 0.15) is 0 Å². The highest BCUT2D eigenvalue weighted by molar-refractivity contribution is 9.10. The minimum absolute atomic E-state index is 0.00259. The van der Waals surface area contributed by atoms with Crippen molar-refractivity contribution in [3.63, 3.8) is 0 Å². The maximum atomic E-state index is 5.32. The van der Waals surface area contributed by atoms with E-state index in [1.165, 1.54) is 0 Å². The summed E-state index contributed by atoms with van der Waals surface area (Å²) in [6, 6.07) is 3.57. The Morgan fingerprint density at radius 2 is 2.15 bits per heavy atom. The normalized spacial score (nSPS) is 11.2. The molecule has 0 unspecified atom stereocenters. The van der Waals surface area contributed by atoms with Gasteiger partial charge in [0.2, 0.25) is 5.88 Å². The van der Waals surface area contributed by atoms with Gasteiger partial charge in [0.1, 0.15) is 0 Å². The Labute approximate surface area is 89.8 Å². The van der Waals surface area contributed by atoms with Gasteiger partial charge >= 0.3 is 0 Å². The van der Waals surface area contributed by atoms with Crippen molar-refractivity contribution in [3.05, 3.63) is 22.8 Å². The van der Waals surface area contributed by atoms with E-state index in [1.807, 2.05) is 0 Å². The molecule has 0 amide bonds. The van der Waals surface area contributed by atoms with E-state index < -0.39 is 5.11 Å². The molecule has 0 aliphatic rings. The summed E-state index contributed by atoms with van der Waals surface area (Å²) in [6.07, 6.45) is 1.60. The van der Waals surface area contributed by atoms with Gasteiger partial charge in [0, 0.05) is 6.20 Å². The number of halogens is 1. The molecule has 60 valence electrons. The summed E-state index contributed by atoms with van der Waals surface area (Å²) < 4.78 is 5.90. The van der Waals surface area contributed by atoms with Gasteiger partial charge in [0.05, 0.1) is 34.6 Å². The summed E-state index contributed by atoms with van der Waals surface area (Å²) in [4.78, 5) is 3.95. The van der Waals surface area contributed by atoms with Crippen LogP contribution in [-0.2, 0) is 0 Å². The molecule has 6 radical (unpaired) electrons. The lowest BCUT2D eigenvalue weighted by atomic mass is 9.43. The van der Waals surface area contributed by atoms with E-state index in [4.69, 9.17) is 28.3 Å². The van der Waals surface area contributed by atoms with Crippen molar-refractivity contribution in [3.8, 4) is 5.88 Å². The smallest absolute Gasteiger partial charge is 0.227 e. The van der Waals surface area contributed by atoms with Crippen LogP contribution in [0.15, 0.2) is 22.8 Å². The largest absolute Gasteiger partial charge is 0.479 e. The minimum Gasteiger partial charge on any atom is -0.479 e. The van der Waals surface area contributed by atoms with Crippen molar-refractivity contribution < 1.29 is 4.74 Å². The zero-order chi connectivity index (χ0) is 9.90. The van der Waals surface area contributed by atoms with Crippen LogP contribution in [0.5, 0.6) is 5.88 Å². The van der Waals surface area contributed by atoms with E-state index in [-0.39, 0.29) is 6.61 Å². The van der Waals surface area contributed by atoms with Crippen LogP contribution >= 0.6 is 15.9 Å². The quantitative estimate of drug-likeness (QED) is 0.718. The zero-order valence-electron chi connectivity index (χ0n) is 6.90. The van der Waals surface area contributed by atoms with Crippen molar-refractivity contribution >= 4 is 39.5 Å². The van der Waals surface area contributed by atoms with Crippen molar-refractivity contribution in [2.24, 2.45) is 0 Å². The number of hydrogen-bond acceptors (Lipinski definition) is 2. The third-order valence-electron chi connectivity index (χ3n) is 1.18. The molecule has 0 atom stereocenters. The fourth-order valence-corrected chi connectivity index (χ4v) is 1.04. The van der Waals surface area contributed by atoms with Crippen molar-refractivity contribution in [1.29, 1.82) is 0 Å². The molecule has 0 saturated carbocycles. The van der Waals surface area contributed by atoms with Gasteiger partial charge in [0.25, 0.3) is 0 Å². The Morgan fingerprint density at radius 3 is 2.69 bits per heavy atom. The van der Waals surface area contributed by atoms with Crippen LogP contribution < -0.4 is 4.74 Å². The van der Waals surface area contributed by atoms with Crippen LogP contribution in [0, 0.1) is 0 Å². The molecule has 1 heterocycles. The molecule has 0 aliphatic heterocycles. The molecule has 6 heteroatoms. The number of nitrogens with zero attached hydrogens (tertiary/aromatic N) is 1. The summed E-state index contributed by atoms with van der Waals surface area (Å²) >= 11 is 3.25. The molecule has 1 rings (SSSR count). The second-order valence-electron chi connectivity index (χ2n) is 2.69. The molecular weight excluding hydrogens is 226 g/mol. The van der Waals surface area contributed by atoms with Crippen LogP contribution in [0.3, 0.4) is 0 Å². The summed E-state index contributed by atoms with van der Waals surface area (Å²) in [5, 5.41) is -1.34. The van der Waals surface area contributed by atoms with Crippen molar-refractivity contribution in [2.45, 2.75) is 5.11 Å². The van der Waals surface area contributed by atoms with E-state index >= 15 is 0 Å². The molecule has 0 aromatic carbocycles. The molecule has 0 aliphatic carbocycles. The van der Waals surface area contributed by atoms with Gasteiger partial charge in [-0.2, -0.15) is 0 Å². The van der Waals surface area contributed by atoms with Gasteiger partial charge in [-0.1, -0.05) is 5.11 Å².